The van der Waals surface area contributed by atoms with Crippen LogP contribution in [0.15, 0.2) is 23.3 Å². The lowest BCUT2D eigenvalue weighted by molar-refractivity contribution is -0.152. The number of aliphatic carboxylic acids is 1. The van der Waals surface area contributed by atoms with Crippen LogP contribution in [0, 0.1) is 22.7 Å². The molecule has 0 aromatic heterocycles. The van der Waals surface area contributed by atoms with E-state index in [0.29, 0.717) is 5.92 Å². The quantitative estimate of drug-likeness (QED) is 0.730. The summed E-state index contributed by atoms with van der Waals surface area (Å²) in [6.45, 7) is 8.76. The van der Waals surface area contributed by atoms with Crippen LogP contribution in [0.2, 0.25) is 0 Å². The maximum absolute atomic E-state index is 11.9. The van der Waals surface area contributed by atoms with Crippen LogP contribution < -0.4 is 0 Å². The molecule has 0 aliphatic heterocycles. The first-order chi connectivity index (χ1) is 10.8. The number of allylic oxidation sites excluding steroid dienone is 3. The van der Waals surface area contributed by atoms with Crippen molar-refractivity contribution in [2.75, 3.05) is 6.61 Å². The fourth-order valence-corrected chi connectivity index (χ4v) is 4.67. The molecular formula is C20H32O3. The normalized spacial score (nSPS) is 38.0. The second-order valence-electron chi connectivity index (χ2n) is 8.10. The molecule has 1 saturated carbocycles. The summed E-state index contributed by atoms with van der Waals surface area (Å²) in [5.74, 6) is 0.113. The van der Waals surface area contributed by atoms with Gasteiger partial charge in [-0.2, -0.15) is 0 Å². The van der Waals surface area contributed by atoms with Crippen LogP contribution in [0.5, 0.6) is 0 Å². The molecule has 3 heteroatoms. The fourth-order valence-electron chi connectivity index (χ4n) is 4.67. The van der Waals surface area contributed by atoms with Gasteiger partial charge in [-0.15, -0.1) is 0 Å². The topological polar surface area (TPSA) is 57.5 Å². The van der Waals surface area contributed by atoms with Gasteiger partial charge in [0, 0.05) is 0 Å². The molecule has 0 saturated heterocycles. The van der Waals surface area contributed by atoms with Crippen molar-refractivity contribution in [2.24, 2.45) is 22.7 Å². The predicted octanol–water partition coefficient (Wildman–Crippen LogP) is 4.57. The highest BCUT2D eigenvalue weighted by atomic mass is 16.4. The Balaban J connectivity index is 2.29. The molecule has 0 spiro atoms. The molecule has 0 amide bonds. The molecule has 2 aliphatic carbocycles. The lowest BCUT2D eigenvalue weighted by Crippen LogP contribution is -2.47. The first-order valence-corrected chi connectivity index (χ1v) is 8.96. The highest BCUT2D eigenvalue weighted by molar-refractivity contribution is 5.75. The van der Waals surface area contributed by atoms with Gasteiger partial charge < -0.3 is 10.2 Å². The Hall–Kier alpha value is -1.09. The standard InChI is InChI=1S/C20H32O3/c1-14(10-13-21)9-12-19(3)15(2)7-8-17-16(19)6-5-11-20(17,4)18(22)23/h6,10,15,17,21H,5,7-9,11-13H2,1-4H3,(H,22,23)/t15-,17+,19-,20-/m0/s1. The van der Waals surface area contributed by atoms with E-state index in [4.69, 9.17) is 5.11 Å². The van der Waals surface area contributed by atoms with Crippen LogP contribution in [-0.4, -0.2) is 22.8 Å². The van der Waals surface area contributed by atoms with Crippen LogP contribution in [-0.2, 0) is 4.79 Å². The van der Waals surface area contributed by atoms with Crippen LogP contribution >= 0.6 is 0 Å². The SMILES string of the molecule is CC(=CCO)CC[C@]1(C)C2=CCC[C@](C)(C(=O)O)[C@@H]2CC[C@@H]1C. The highest BCUT2D eigenvalue weighted by Crippen LogP contribution is 2.58. The number of hydrogen-bond acceptors (Lipinski definition) is 2. The molecule has 130 valence electrons. The van der Waals surface area contributed by atoms with Gasteiger partial charge in [-0.1, -0.05) is 37.1 Å². The predicted molar refractivity (Wildman–Crippen MR) is 93.1 cm³/mol. The molecule has 2 aliphatic rings. The van der Waals surface area contributed by atoms with E-state index >= 15 is 0 Å². The Bertz CT molecular complexity index is 519. The van der Waals surface area contributed by atoms with Gasteiger partial charge in [0.25, 0.3) is 0 Å². The minimum atomic E-state index is -0.638. The molecular weight excluding hydrogens is 288 g/mol. The summed E-state index contributed by atoms with van der Waals surface area (Å²) in [6.07, 6.45) is 9.96. The van der Waals surface area contributed by atoms with Crippen molar-refractivity contribution in [1.29, 1.82) is 0 Å². The van der Waals surface area contributed by atoms with E-state index in [2.05, 4.69) is 26.8 Å². The van der Waals surface area contributed by atoms with Gasteiger partial charge in [0.15, 0.2) is 0 Å². The smallest absolute Gasteiger partial charge is 0.309 e. The molecule has 1 fully saturated rings. The summed E-state index contributed by atoms with van der Waals surface area (Å²) in [6, 6.07) is 0. The molecule has 0 bridgehead atoms. The van der Waals surface area contributed by atoms with E-state index in [9.17, 15) is 9.90 Å². The number of aliphatic hydroxyl groups excluding tert-OH is 1. The number of rotatable bonds is 5. The Morgan fingerprint density at radius 3 is 2.70 bits per heavy atom. The summed E-state index contributed by atoms with van der Waals surface area (Å²) < 4.78 is 0. The Morgan fingerprint density at radius 1 is 1.39 bits per heavy atom. The number of carboxylic acid groups (broad SMARTS) is 1. The lowest BCUT2D eigenvalue weighted by atomic mass is 9.51. The molecule has 23 heavy (non-hydrogen) atoms. The highest BCUT2D eigenvalue weighted by Gasteiger charge is 2.52. The third kappa shape index (κ3) is 3.26. The van der Waals surface area contributed by atoms with E-state index in [1.807, 2.05) is 13.0 Å². The van der Waals surface area contributed by atoms with Crippen molar-refractivity contribution in [3.05, 3.63) is 23.3 Å². The zero-order chi connectivity index (χ0) is 17.3. The van der Waals surface area contributed by atoms with Gasteiger partial charge in [-0.25, -0.2) is 0 Å². The van der Waals surface area contributed by atoms with E-state index in [1.54, 1.807) is 0 Å². The summed E-state index contributed by atoms with van der Waals surface area (Å²) in [5.41, 5.74) is 2.08. The number of hydrogen-bond donors (Lipinski definition) is 2. The summed E-state index contributed by atoms with van der Waals surface area (Å²) in [5, 5.41) is 18.9. The molecule has 0 aromatic carbocycles. The van der Waals surface area contributed by atoms with Crippen molar-refractivity contribution in [1.82, 2.24) is 0 Å². The van der Waals surface area contributed by atoms with Crippen LogP contribution in [0.4, 0.5) is 0 Å². The third-order valence-corrected chi connectivity index (χ3v) is 6.77. The Kier molecular flexibility index (Phi) is 5.40. The van der Waals surface area contributed by atoms with Crippen molar-refractivity contribution in [3.8, 4) is 0 Å². The number of carbonyl (C=O) groups is 1. The zero-order valence-corrected chi connectivity index (χ0v) is 15.1. The summed E-state index contributed by atoms with van der Waals surface area (Å²) in [7, 11) is 0. The average Bonchev–Trinajstić information content (AvgIpc) is 2.50. The first-order valence-electron chi connectivity index (χ1n) is 8.96. The van der Waals surface area contributed by atoms with Gasteiger partial charge in [0.05, 0.1) is 12.0 Å². The number of carboxylic acids is 1. The molecule has 0 aromatic rings. The molecule has 0 heterocycles. The Morgan fingerprint density at radius 2 is 2.09 bits per heavy atom. The maximum Gasteiger partial charge on any atom is 0.309 e. The molecule has 3 nitrogen and oxygen atoms in total. The minimum absolute atomic E-state index is 0.0740. The molecule has 2 rings (SSSR count). The van der Waals surface area contributed by atoms with E-state index in [0.717, 1.165) is 38.5 Å². The molecule has 2 N–H and O–H groups in total. The monoisotopic (exact) mass is 320 g/mol. The minimum Gasteiger partial charge on any atom is -0.481 e. The number of aliphatic hydroxyl groups is 1. The lowest BCUT2D eigenvalue weighted by Gasteiger charge is -2.52. The van der Waals surface area contributed by atoms with E-state index in [-0.39, 0.29) is 17.9 Å². The second kappa shape index (κ2) is 6.80. The average molecular weight is 320 g/mol. The molecule has 0 unspecified atom stereocenters. The van der Waals surface area contributed by atoms with Gasteiger partial charge in [0.1, 0.15) is 0 Å². The van der Waals surface area contributed by atoms with Crippen LogP contribution in [0.1, 0.15) is 66.2 Å². The Labute approximate surface area is 140 Å². The van der Waals surface area contributed by atoms with E-state index < -0.39 is 11.4 Å². The van der Waals surface area contributed by atoms with Crippen molar-refractivity contribution >= 4 is 5.97 Å². The summed E-state index contributed by atoms with van der Waals surface area (Å²) in [4.78, 5) is 11.9. The van der Waals surface area contributed by atoms with Crippen molar-refractivity contribution < 1.29 is 15.0 Å². The van der Waals surface area contributed by atoms with E-state index in [1.165, 1.54) is 11.1 Å². The second-order valence-corrected chi connectivity index (χ2v) is 8.10. The first kappa shape index (κ1) is 18.3. The maximum atomic E-state index is 11.9. The van der Waals surface area contributed by atoms with Gasteiger partial charge >= 0.3 is 5.97 Å². The van der Waals surface area contributed by atoms with Crippen molar-refractivity contribution in [2.45, 2.75) is 66.2 Å². The molecule has 4 atom stereocenters. The zero-order valence-electron chi connectivity index (χ0n) is 15.1. The fraction of sp³-hybridized carbons (Fsp3) is 0.750. The van der Waals surface area contributed by atoms with Gasteiger partial charge in [-0.05, 0) is 69.6 Å². The van der Waals surface area contributed by atoms with Gasteiger partial charge in [-0.3, -0.25) is 4.79 Å². The summed E-state index contributed by atoms with van der Waals surface area (Å²) >= 11 is 0. The number of fused-ring (bicyclic) bond motifs is 1. The van der Waals surface area contributed by atoms with Crippen LogP contribution in [0.3, 0.4) is 0 Å². The molecule has 0 radical (unpaired) electrons. The largest absolute Gasteiger partial charge is 0.481 e. The third-order valence-electron chi connectivity index (χ3n) is 6.77. The van der Waals surface area contributed by atoms with Gasteiger partial charge in [0.2, 0.25) is 0 Å². The van der Waals surface area contributed by atoms with Crippen molar-refractivity contribution in [3.63, 3.8) is 0 Å². The van der Waals surface area contributed by atoms with Crippen LogP contribution in [0.25, 0.3) is 0 Å².